The van der Waals surface area contributed by atoms with Crippen molar-refractivity contribution in [2.75, 3.05) is 0 Å². The number of aromatic nitrogens is 1. The number of hydrogen-bond acceptors (Lipinski definition) is 2. The van der Waals surface area contributed by atoms with Crippen LogP contribution in [-0.2, 0) is 0 Å². The molecule has 4 heteroatoms. The standard InChI is InChI=1S/C16H12ClNS2/c1-10-2-4-11(5-3-10)14-15(20-16(19)18-14)12-6-8-13(17)9-7-12/h2-9H,1H3,(H,18,19). The van der Waals surface area contributed by atoms with E-state index < -0.39 is 0 Å². The minimum absolute atomic E-state index is 0.741. The number of H-pyrrole nitrogens is 1. The van der Waals surface area contributed by atoms with Crippen LogP contribution in [0, 0.1) is 10.9 Å². The molecule has 0 bridgehead atoms. The molecule has 0 aliphatic heterocycles. The number of hydrogen-bond donors (Lipinski definition) is 1. The predicted molar refractivity (Wildman–Crippen MR) is 90.1 cm³/mol. The van der Waals surface area contributed by atoms with Crippen LogP contribution in [-0.4, -0.2) is 4.98 Å². The third kappa shape index (κ3) is 2.70. The van der Waals surface area contributed by atoms with Gasteiger partial charge in [-0.1, -0.05) is 53.6 Å². The monoisotopic (exact) mass is 317 g/mol. The normalized spacial score (nSPS) is 10.7. The first-order valence-electron chi connectivity index (χ1n) is 6.19. The van der Waals surface area contributed by atoms with Crippen LogP contribution in [0.15, 0.2) is 48.5 Å². The van der Waals surface area contributed by atoms with Crippen LogP contribution in [0.25, 0.3) is 21.7 Å². The van der Waals surface area contributed by atoms with Crippen molar-refractivity contribution in [1.29, 1.82) is 0 Å². The Bertz CT molecular complexity index is 717. The highest BCUT2D eigenvalue weighted by Gasteiger charge is 2.11. The zero-order valence-electron chi connectivity index (χ0n) is 10.8. The summed E-state index contributed by atoms with van der Waals surface area (Å²) in [7, 11) is 0. The van der Waals surface area contributed by atoms with Crippen molar-refractivity contribution >= 4 is 35.2 Å². The van der Waals surface area contributed by atoms with Gasteiger partial charge < -0.3 is 4.98 Å². The molecule has 20 heavy (non-hydrogen) atoms. The Balaban J connectivity index is 2.15. The molecule has 1 N–H and O–H groups in total. The third-order valence-electron chi connectivity index (χ3n) is 3.10. The first-order chi connectivity index (χ1) is 9.63. The van der Waals surface area contributed by atoms with E-state index >= 15 is 0 Å². The molecular weight excluding hydrogens is 306 g/mol. The number of nitrogens with one attached hydrogen (secondary N) is 1. The van der Waals surface area contributed by atoms with E-state index in [0.29, 0.717) is 0 Å². The average Bonchev–Trinajstić information content (AvgIpc) is 2.82. The fraction of sp³-hybridized carbons (Fsp3) is 0.0625. The summed E-state index contributed by atoms with van der Waals surface area (Å²) in [5, 5.41) is 0.741. The van der Waals surface area contributed by atoms with Crippen molar-refractivity contribution in [1.82, 2.24) is 4.98 Å². The molecule has 2 aromatic carbocycles. The van der Waals surface area contributed by atoms with E-state index in [-0.39, 0.29) is 0 Å². The molecule has 3 rings (SSSR count). The number of rotatable bonds is 2. The fourth-order valence-electron chi connectivity index (χ4n) is 2.06. The second-order valence-corrected chi connectivity index (χ2v) is 6.72. The average molecular weight is 318 g/mol. The topological polar surface area (TPSA) is 15.8 Å². The molecule has 0 spiro atoms. The van der Waals surface area contributed by atoms with Gasteiger partial charge in [-0.15, -0.1) is 11.3 Å². The molecule has 0 saturated carbocycles. The number of benzene rings is 2. The Morgan fingerprint density at radius 2 is 1.55 bits per heavy atom. The molecule has 1 aromatic heterocycles. The maximum absolute atomic E-state index is 5.95. The number of thiazole rings is 1. The smallest absolute Gasteiger partial charge is 0.159 e. The van der Waals surface area contributed by atoms with Gasteiger partial charge in [-0.2, -0.15) is 0 Å². The Morgan fingerprint density at radius 1 is 0.950 bits per heavy atom. The van der Waals surface area contributed by atoms with E-state index in [9.17, 15) is 0 Å². The van der Waals surface area contributed by atoms with Crippen molar-refractivity contribution in [3.63, 3.8) is 0 Å². The molecule has 0 fully saturated rings. The highest BCUT2D eigenvalue weighted by Crippen LogP contribution is 2.35. The van der Waals surface area contributed by atoms with Crippen LogP contribution >= 0.6 is 35.2 Å². The number of aromatic amines is 1. The third-order valence-corrected chi connectivity index (χ3v) is 4.63. The van der Waals surface area contributed by atoms with Gasteiger partial charge in [-0.05, 0) is 42.4 Å². The minimum atomic E-state index is 0.741. The van der Waals surface area contributed by atoms with Gasteiger partial charge in [0.2, 0.25) is 0 Å². The predicted octanol–water partition coefficient (Wildman–Crippen LogP) is 6.10. The maximum atomic E-state index is 5.95. The second-order valence-electron chi connectivity index (χ2n) is 4.59. The molecular formula is C16H12ClNS2. The quantitative estimate of drug-likeness (QED) is 0.564. The van der Waals surface area contributed by atoms with E-state index in [0.717, 1.165) is 30.7 Å². The summed E-state index contributed by atoms with van der Waals surface area (Å²) < 4.78 is 0.783. The van der Waals surface area contributed by atoms with Gasteiger partial charge in [0, 0.05) is 5.02 Å². The Labute approximate surface area is 131 Å². The van der Waals surface area contributed by atoms with E-state index in [1.54, 1.807) is 11.3 Å². The first-order valence-corrected chi connectivity index (χ1v) is 7.80. The van der Waals surface area contributed by atoms with E-state index in [1.807, 2.05) is 24.3 Å². The zero-order chi connectivity index (χ0) is 14.1. The lowest BCUT2D eigenvalue weighted by Gasteiger charge is -2.04. The van der Waals surface area contributed by atoms with Gasteiger partial charge >= 0.3 is 0 Å². The summed E-state index contributed by atoms with van der Waals surface area (Å²) in [6.45, 7) is 2.08. The molecule has 0 aliphatic rings. The molecule has 0 atom stereocenters. The van der Waals surface area contributed by atoms with Gasteiger partial charge in [-0.25, -0.2) is 0 Å². The molecule has 0 unspecified atom stereocenters. The molecule has 0 radical (unpaired) electrons. The lowest BCUT2D eigenvalue weighted by atomic mass is 10.1. The lowest BCUT2D eigenvalue weighted by molar-refractivity contribution is 1.37. The summed E-state index contributed by atoms with van der Waals surface area (Å²) in [4.78, 5) is 4.44. The summed E-state index contributed by atoms with van der Waals surface area (Å²) in [6.07, 6.45) is 0. The summed E-state index contributed by atoms with van der Waals surface area (Å²) >= 11 is 12.9. The fourth-order valence-corrected chi connectivity index (χ4v) is 3.40. The van der Waals surface area contributed by atoms with Crippen LogP contribution < -0.4 is 0 Å². The molecule has 0 amide bonds. The first kappa shape index (κ1) is 13.6. The van der Waals surface area contributed by atoms with Gasteiger partial charge in [0.15, 0.2) is 3.95 Å². The highest BCUT2D eigenvalue weighted by molar-refractivity contribution is 7.73. The maximum Gasteiger partial charge on any atom is 0.159 e. The Hall–Kier alpha value is -1.42. The Kier molecular flexibility index (Phi) is 3.74. The molecule has 1 heterocycles. The van der Waals surface area contributed by atoms with Crippen molar-refractivity contribution in [3.8, 4) is 21.7 Å². The van der Waals surface area contributed by atoms with Crippen LogP contribution in [0.4, 0.5) is 0 Å². The summed E-state index contributed by atoms with van der Waals surface area (Å²) in [5.41, 5.74) is 4.59. The summed E-state index contributed by atoms with van der Waals surface area (Å²) in [6, 6.07) is 16.3. The van der Waals surface area contributed by atoms with E-state index in [1.165, 1.54) is 5.56 Å². The van der Waals surface area contributed by atoms with Crippen molar-refractivity contribution in [3.05, 3.63) is 63.1 Å². The number of aryl methyl sites for hydroxylation is 1. The van der Waals surface area contributed by atoms with Crippen LogP contribution in [0.5, 0.6) is 0 Å². The van der Waals surface area contributed by atoms with Crippen molar-refractivity contribution < 1.29 is 0 Å². The van der Waals surface area contributed by atoms with Crippen LogP contribution in [0.3, 0.4) is 0 Å². The largest absolute Gasteiger partial charge is 0.336 e. The van der Waals surface area contributed by atoms with Crippen LogP contribution in [0.2, 0.25) is 5.02 Å². The number of halogens is 1. The van der Waals surface area contributed by atoms with Crippen molar-refractivity contribution in [2.24, 2.45) is 0 Å². The van der Waals surface area contributed by atoms with E-state index in [2.05, 4.69) is 36.2 Å². The SMILES string of the molecule is Cc1ccc(-c2[nH]c(=S)sc2-c2ccc(Cl)cc2)cc1. The Morgan fingerprint density at radius 3 is 2.20 bits per heavy atom. The van der Waals surface area contributed by atoms with Gasteiger partial charge in [-0.3, -0.25) is 0 Å². The zero-order valence-corrected chi connectivity index (χ0v) is 13.2. The van der Waals surface area contributed by atoms with Crippen molar-refractivity contribution in [2.45, 2.75) is 6.92 Å². The lowest BCUT2D eigenvalue weighted by Crippen LogP contribution is -1.82. The van der Waals surface area contributed by atoms with Gasteiger partial charge in [0.1, 0.15) is 0 Å². The van der Waals surface area contributed by atoms with Gasteiger partial charge in [0.25, 0.3) is 0 Å². The van der Waals surface area contributed by atoms with Crippen LogP contribution in [0.1, 0.15) is 5.56 Å². The second kappa shape index (κ2) is 5.52. The molecule has 0 saturated heterocycles. The van der Waals surface area contributed by atoms with Gasteiger partial charge in [0.05, 0.1) is 10.6 Å². The molecule has 3 aromatic rings. The highest BCUT2D eigenvalue weighted by atomic mass is 35.5. The molecule has 1 nitrogen and oxygen atoms in total. The summed E-state index contributed by atoms with van der Waals surface area (Å²) in [5.74, 6) is 0. The minimum Gasteiger partial charge on any atom is -0.336 e. The molecule has 100 valence electrons. The van der Waals surface area contributed by atoms with E-state index in [4.69, 9.17) is 23.8 Å². The molecule has 0 aliphatic carbocycles.